The zero-order valence-electron chi connectivity index (χ0n) is 9.67. The van der Waals surface area contributed by atoms with E-state index in [2.05, 4.69) is 16.7 Å². The van der Waals surface area contributed by atoms with E-state index in [1.807, 2.05) is 6.07 Å². The lowest BCUT2D eigenvalue weighted by Crippen LogP contribution is -2.24. The van der Waals surface area contributed by atoms with Gasteiger partial charge in [-0.2, -0.15) is 5.26 Å². The van der Waals surface area contributed by atoms with Gasteiger partial charge in [-0.1, -0.05) is 11.6 Å². The first kappa shape index (κ1) is 12.2. The van der Waals surface area contributed by atoms with Gasteiger partial charge in [0.1, 0.15) is 6.07 Å². The second-order valence-electron chi connectivity index (χ2n) is 4.31. The van der Waals surface area contributed by atoms with Crippen LogP contribution < -0.4 is 10.6 Å². The zero-order chi connectivity index (χ0) is 12.1. The van der Waals surface area contributed by atoms with Gasteiger partial charge >= 0.3 is 0 Å². The smallest absolute Gasteiger partial charge is 0.101 e. The van der Waals surface area contributed by atoms with Crippen molar-refractivity contribution in [3.05, 3.63) is 28.8 Å². The summed E-state index contributed by atoms with van der Waals surface area (Å²) in [5.74, 6) is 0. The predicted molar refractivity (Wildman–Crippen MR) is 70.3 cm³/mol. The quantitative estimate of drug-likeness (QED) is 0.863. The molecule has 0 spiro atoms. The number of nitriles is 1. The molecule has 17 heavy (non-hydrogen) atoms. The van der Waals surface area contributed by atoms with Crippen LogP contribution >= 0.6 is 11.6 Å². The summed E-state index contributed by atoms with van der Waals surface area (Å²) >= 11 is 5.84. The number of hydrogen-bond donors (Lipinski definition) is 2. The third-order valence-electron chi connectivity index (χ3n) is 3.07. The van der Waals surface area contributed by atoms with Gasteiger partial charge < -0.3 is 10.6 Å². The third-order valence-corrected chi connectivity index (χ3v) is 3.31. The molecule has 1 aliphatic heterocycles. The van der Waals surface area contributed by atoms with E-state index in [9.17, 15) is 0 Å². The number of nitrogens with zero attached hydrogens (tertiary/aromatic N) is 1. The van der Waals surface area contributed by atoms with Crippen LogP contribution in [-0.4, -0.2) is 19.1 Å². The molecule has 2 rings (SSSR count). The largest absolute Gasteiger partial charge is 0.384 e. The van der Waals surface area contributed by atoms with Crippen molar-refractivity contribution < 1.29 is 0 Å². The molecule has 0 unspecified atom stereocenters. The van der Waals surface area contributed by atoms with E-state index >= 15 is 0 Å². The van der Waals surface area contributed by atoms with Crippen LogP contribution in [0, 0.1) is 11.3 Å². The van der Waals surface area contributed by atoms with E-state index in [-0.39, 0.29) is 0 Å². The molecule has 1 aromatic rings. The Morgan fingerprint density at radius 3 is 3.12 bits per heavy atom. The highest BCUT2D eigenvalue weighted by Gasteiger charge is 2.13. The zero-order valence-corrected chi connectivity index (χ0v) is 10.4. The molecular formula is C13H16ClN3. The Hall–Kier alpha value is -1.24. The Kier molecular flexibility index (Phi) is 4.24. The fourth-order valence-corrected chi connectivity index (χ4v) is 2.32. The van der Waals surface area contributed by atoms with Crippen LogP contribution in [0.15, 0.2) is 18.2 Å². The highest BCUT2D eigenvalue weighted by atomic mass is 35.5. The van der Waals surface area contributed by atoms with Crippen molar-refractivity contribution in [3.8, 4) is 6.07 Å². The fourth-order valence-electron chi connectivity index (χ4n) is 2.15. The maximum atomic E-state index is 8.99. The first-order valence-electron chi connectivity index (χ1n) is 5.96. The second-order valence-corrected chi connectivity index (χ2v) is 4.75. The Bertz CT molecular complexity index is 419. The molecule has 1 fully saturated rings. The van der Waals surface area contributed by atoms with Crippen molar-refractivity contribution in [2.45, 2.75) is 25.3 Å². The molecule has 0 saturated carbocycles. The molecule has 3 nitrogen and oxygen atoms in total. The number of hydrogen-bond acceptors (Lipinski definition) is 3. The summed E-state index contributed by atoms with van der Waals surface area (Å²) in [5.41, 5.74) is 1.48. The maximum absolute atomic E-state index is 8.99. The van der Waals surface area contributed by atoms with Gasteiger partial charge in [0.2, 0.25) is 0 Å². The molecule has 1 atom stereocenters. The van der Waals surface area contributed by atoms with Crippen LogP contribution in [0.1, 0.15) is 24.8 Å². The van der Waals surface area contributed by atoms with Crippen molar-refractivity contribution in [1.29, 1.82) is 5.26 Å². The maximum Gasteiger partial charge on any atom is 0.101 e. The van der Waals surface area contributed by atoms with E-state index in [0.29, 0.717) is 16.6 Å². The van der Waals surface area contributed by atoms with Crippen LogP contribution in [0.2, 0.25) is 5.02 Å². The Morgan fingerprint density at radius 1 is 1.53 bits per heavy atom. The van der Waals surface area contributed by atoms with E-state index in [1.54, 1.807) is 12.1 Å². The first-order valence-corrected chi connectivity index (χ1v) is 6.34. The Labute approximate surface area is 107 Å². The molecule has 1 saturated heterocycles. The number of halogens is 1. The minimum Gasteiger partial charge on any atom is -0.384 e. The van der Waals surface area contributed by atoms with E-state index in [0.717, 1.165) is 25.2 Å². The van der Waals surface area contributed by atoms with Crippen LogP contribution in [0.5, 0.6) is 0 Å². The van der Waals surface area contributed by atoms with Crippen molar-refractivity contribution in [2.75, 3.05) is 18.4 Å². The van der Waals surface area contributed by atoms with E-state index in [1.165, 1.54) is 12.8 Å². The standard InChI is InChI=1S/C13H16ClN3/c14-11-3-4-13(10(8-11)9-15)17-7-5-12-2-1-6-16-12/h3-4,8,12,16-17H,1-2,5-7H2/t12-/m0/s1. The SMILES string of the molecule is N#Cc1cc(Cl)ccc1NCC[C@@H]1CCCN1. The molecule has 1 aromatic carbocycles. The third kappa shape index (κ3) is 3.36. The van der Waals surface area contributed by atoms with Crippen molar-refractivity contribution in [1.82, 2.24) is 5.32 Å². The monoisotopic (exact) mass is 249 g/mol. The van der Waals surface area contributed by atoms with Gasteiger partial charge in [-0.15, -0.1) is 0 Å². The number of nitrogens with one attached hydrogen (secondary N) is 2. The number of rotatable bonds is 4. The van der Waals surface area contributed by atoms with Gasteiger partial charge in [0.25, 0.3) is 0 Å². The van der Waals surface area contributed by atoms with E-state index in [4.69, 9.17) is 16.9 Å². The van der Waals surface area contributed by atoms with Gasteiger partial charge in [0, 0.05) is 17.6 Å². The van der Waals surface area contributed by atoms with Crippen molar-refractivity contribution >= 4 is 17.3 Å². The molecule has 0 aromatic heterocycles. The molecule has 0 radical (unpaired) electrons. The molecule has 0 aliphatic carbocycles. The van der Waals surface area contributed by atoms with Crippen LogP contribution in [0.4, 0.5) is 5.69 Å². The van der Waals surface area contributed by atoms with Crippen molar-refractivity contribution in [3.63, 3.8) is 0 Å². The lowest BCUT2D eigenvalue weighted by Gasteiger charge is -2.12. The summed E-state index contributed by atoms with van der Waals surface area (Å²) < 4.78 is 0. The molecule has 0 bridgehead atoms. The minimum absolute atomic E-state index is 0.601. The van der Waals surface area contributed by atoms with Gasteiger partial charge in [-0.3, -0.25) is 0 Å². The van der Waals surface area contributed by atoms with Gasteiger partial charge in [-0.25, -0.2) is 0 Å². The summed E-state index contributed by atoms with van der Waals surface area (Å²) in [5, 5.41) is 16.3. The van der Waals surface area contributed by atoms with Crippen LogP contribution in [0.25, 0.3) is 0 Å². The highest BCUT2D eigenvalue weighted by Crippen LogP contribution is 2.20. The average molecular weight is 250 g/mol. The van der Waals surface area contributed by atoms with Gasteiger partial charge in [0.15, 0.2) is 0 Å². The topological polar surface area (TPSA) is 47.9 Å². The number of anilines is 1. The molecular weight excluding hydrogens is 234 g/mol. The number of benzene rings is 1. The summed E-state index contributed by atoms with van der Waals surface area (Å²) in [4.78, 5) is 0. The van der Waals surface area contributed by atoms with E-state index < -0.39 is 0 Å². The Balaban J connectivity index is 1.88. The minimum atomic E-state index is 0.601. The molecule has 4 heteroatoms. The molecule has 1 aliphatic rings. The summed E-state index contributed by atoms with van der Waals surface area (Å²) in [7, 11) is 0. The lowest BCUT2D eigenvalue weighted by atomic mass is 10.1. The summed E-state index contributed by atoms with van der Waals surface area (Å²) in [6.45, 7) is 2.02. The predicted octanol–water partition coefficient (Wildman–Crippen LogP) is 2.77. The first-order chi connectivity index (χ1) is 8.29. The van der Waals surface area contributed by atoms with Crippen LogP contribution in [-0.2, 0) is 0 Å². The molecule has 90 valence electrons. The van der Waals surface area contributed by atoms with Gasteiger partial charge in [-0.05, 0) is 44.0 Å². The molecule has 2 N–H and O–H groups in total. The normalized spacial score (nSPS) is 18.9. The molecule has 0 amide bonds. The summed E-state index contributed by atoms with van der Waals surface area (Å²) in [6.07, 6.45) is 3.62. The fraction of sp³-hybridized carbons (Fsp3) is 0.462. The average Bonchev–Trinajstić information content (AvgIpc) is 2.84. The lowest BCUT2D eigenvalue weighted by molar-refractivity contribution is 0.574. The van der Waals surface area contributed by atoms with Crippen molar-refractivity contribution in [2.24, 2.45) is 0 Å². The molecule has 1 heterocycles. The van der Waals surface area contributed by atoms with Gasteiger partial charge in [0.05, 0.1) is 11.3 Å². The summed E-state index contributed by atoms with van der Waals surface area (Å²) in [6, 6.07) is 8.14. The van der Waals surface area contributed by atoms with Crippen LogP contribution in [0.3, 0.4) is 0 Å². The Morgan fingerprint density at radius 2 is 2.41 bits per heavy atom. The highest BCUT2D eigenvalue weighted by molar-refractivity contribution is 6.30. The second kappa shape index (κ2) is 5.90.